The van der Waals surface area contributed by atoms with E-state index in [4.69, 9.17) is 0 Å². The number of piperidine rings is 1. The van der Waals surface area contributed by atoms with Crippen molar-refractivity contribution in [3.8, 4) is 0 Å². The summed E-state index contributed by atoms with van der Waals surface area (Å²) in [6.45, 7) is 1.56. The van der Waals surface area contributed by atoms with Gasteiger partial charge in [0.05, 0.1) is 22.5 Å². The zero-order chi connectivity index (χ0) is 21.8. The highest BCUT2D eigenvalue weighted by Gasteiger charge is 2.25. The first-order valence-corrected chi connectivity index (χ1v) is 12.2. The van der Waals surface area contributed by atoms with Crippen LogP contribution in [-0.4, -0.2) is 41.3 Å². The molecule has 4 rings (SSSR count). The average Bonchev–Trinajstić information content (AvgIpc) is 3.13. The first-order valence-electron chi connectivity index (χ1n) is 10.7. The van der Waals surface area contributed by atoms with Crippen LogP contribution in [0.15, 0.2) is 53.4 Å². The molecular weight excluding hydrogens is 412 g/mol. The van der Waals surface area contributed by atoms with Gasteiger partial charge < -0.3 is 9.88 Å². The molecule has 7 nitrogen and oxygen atoms in total. The normalized spacial score (nSPS) is 15.3. The fourth-order valence-electron chi connectivity index (χ4n) is 3.96. The molecule has 0 spiro atoms. The Labute approximate surface area is 183 Å². The zero-order valence-corrected chi connectivity index (χ0v) is 18.6. The maximum absolute atomic E-state index is 12.7. The Morgan fingerprint density at radius 2 is 1.74 bits per heavy atom. The summed E-state index contributed by atoms with van der Waals surface area (Å²) in [6.07, 6.45) is 3.81. The number of para-hydroxylation sites is 2. The molecule has 1 amide bonds. The number of carbonyl (C=O) groups excluding carboxylic acids is 1. The van der Waals surface area contributed by atoms with Crippen molar-refractivity contribution in [2.75, 3.05) is 13.1 Å². The zero-order valence-electron chi connectivity index (χ0n) is 17.8. The molecule has 31 heavy (non-hydrogen) atoms. The van der Waals surface area contributed by atoms with Crippen LogP contribution in [-0.2, 0) is 34.8 Å². The highest BCUT2D eigenvalue weighted by atomic mass is 32.2. The molecule has 0 unspecified atom stereocenters. The minimum atomic E-state index is -3.42. The van der Waals surface area contributed by atoms with E-state index in [1.807, 2.05) is 35.9 Å². The lowest BCUT2D eigenvalue weighted by atomic mass is 10.1. The van der Waals surface area contributed by atoms with Crippen LogP contribution in [0.25, 0.3) is 11.0 Å². The molecule has 1 aliphatic rings. The summed E-state index contributed by atoms with van der Waals surface area (Å²) in [7, 11) is -1.48. The van der Waals surface area contributed by atoms with Crippen molar-refractivity contribution in [2.45, 2.75) is 43.5 Å². The van der Waals surface area contributed by atoms with Gasteiger partial charge in [-0.25, -0.2) is 13.4 Å². The molecule has 1 saturated heterocycles. The van der Waals surface area contributed by atoms with Gasteiger partial charge in [0.25, 0.3) is 0 Å². The number of hydrogen-bond donors (Lipinski definition) is 1. The molecule has 2 heterocycles. The molecule has 0 atom stereocenters. The number of aryl methyl sites for hydroxylation is 2. The van der Waals surface area contributed by atoms with E-state index in [0.29, 0.717) is 37.4 Å². The first kappa shape index (κ1) is 21.5. The summed E-state index contributed by atoms with van der Waals surface area (Å²) in [4.78, 5) is 17.2. The second-order valence-corrected chi connectivity index (χ2v) is 9.90. The van der Waals surface area contributed by atoms with E-state index in [9.17, 15) is 13.2 Å². The number of imidazole rings is 1. The first-order chi connectivity index (χ1) is 14.9. The van der Waals surface area contributed by atoms with E-state index in [1.54, 1.807) is 28.6 Å². The number of rotatable bonds is 7. The second-order valence-electron chi connectivity index (χ2n) is 7.96. The molecule has 0 radical (unpaired) electrons. The molecule has 1 aromatic heterocycles. The predicted octanol–water partition coefficient (Wildman–Crippen LogP) is 3.00. The van der Waals surface area contributed by atoms with Crippen molar-refractivity contribution in [1.29, 1.82) is 0 Å². The summed E-state index contributed by atoms with van der Waals surface area (Å²) in [5.41, 5.74) is 2.88. The molecule has 0 saturated carbocycles. The number of carbonyl (C=O) groups is 1. The van der Waals surface area contributed by atoms with Gasteiger partial charge >= 0.3 is 0 Å². The van der Waals surface area contributed by atoms with E-state index in [2.05, 4.69) is 10.3 Å². The SMILES string of the molecule is Cn1c(CNC(=O)CCc2ccc(S(=O)(=O)N3CCCCC3)cc2)nc2ccccc21. The summed E-state index contributed by atoms with van der Waals surface area (Å²) < 4.78 is 29.0. The standard InChI is InChI=1S/C23H28N4O3S/c1-26-21-8-4-3-7-20(21)25-22(26)17-24-23(28)14-11-18-9-12-19(13-10-18)31(29,30)27-15-5-2-6-16-27/h3-4,7-10,12-13H,2,5-6,11,14-17H2,1H3,(H,24,28). The second kappa shape index (κ2) is 9.20. The third kappa shape index (κ3) is 4.80. The third-order valence-electron chi connectivity index (χ3n) is 5.84. The number of amides is 1. The molecule has 1 fully saturated rings. The third-order valence-corrected chi connectivity index (χ3v) is 7.75. The Hall–Kier alpha value is -2.71. The van der Waals surface area contributed by atoms with Crippen molar-refractivity contribution in [1.82, 2.24) is 19.2 Å². The van der Waals surface area contributed by atoms with Crippen molar-refractivity contribution < 1.29 is 13.2 Å². The van der Waals surface area contributed by atoms with Crippen LogP contribution < -0.4 is 5.32 Å². The van der Waals surface area contributed by atoms with Crippen LogP contribution in [0.4, 0.5) is 0 Å². The van der Waals surface area contributed by atoms with Crippen LogP contribution in [0.3, 0.4) is 0 Å². The molecule has 3 aromatic rings. The fourth-order valence-corrected chi connectivity index (χ4v) is 5.48. The van der Waals surface area contributed by atoms with Gasteiger partial charge in [-0.2, -0.15) is 4.31 Å². The van der Waals surface area contributed by atoms with Crippen molar-refractivity contribution in [2.24, 2.45) is 7.05 Å². The van der Waals surface area contributed by atoms with Gasteiger partial charge in [-0.05, 0) is 49.1 Å². The van der Waals surface area contributed by atoms with Crippen molar-refractivity contribution in [3.63, 3.8) is 0 Å². The van der Waals surface area contributed by atoms with E-state index >= 15 is 0 Å². The maximum atomic E-state index is 12.7. The predicted molar refractivity (Wildman–Crippen MR) is 120 cm³/mol. The lowest BCUT2D eigenvalue weighted by molar-refractivity contribution is -0.121. The lowest BCUT2D eigenvalue weighted by Crippen LogP contribution is -2.35. The summed E-state index contributed by atoms with van der Waals surface area (Å²) in [5.74, 6) is 0.749. The van der Waals surface area contributed by atoms with E-state index in [-0.39, 0.29) is 5.91 Å². The summed E-state index contributed by atoms with van der Waals surface area (Å²) >= 11 is 0. The molecule has 8 heteroatoms. The van der Waals surface area contributed by atoms with Crippen LogP contribution in [0, 0.1) is 0 Å². The number of nitrogens with one attached hydrogen (secondary N) is 1. The van der Waals surface area contributed by atoms with E-state index in [0.717, 1.165) is 41.7 Å². The number of nitrogens with zero attached hydrogens (tertiary/aromatic N) is 3. The molecule has 0 aliphatic carbocycles. The van der Waals surface area contributed by atoms with Gasteiger partial charge in [0.15, 0.2) is 0 Å². The number of benzene rings is 2. The number of sulfonamides is 1. The van der Waals surface area contributed by atoms with Crippen LogP contribution in [0.2, 0.25) is 0 Å². The van der Waals surface area contributed by atoms with Gasteiger partial charge in [0.1, 0.15) is 5.82 Å². The van der Waals surface area contributed by atoms with Crippen LogP contribution >= 0.6 is 0 Å². The number of fused-ring (bicyclic) bond motifs is 1. The molecule has 1 aliphatic heterocycles. The van der Waals surface area contributed by atoms with Crippen LogP contribution in [0.5, 0.6) is 0 Å². The Kier molecular flexibility index (Phi) is 6.38. The Morgan fingerprint density at radius 1 is 1.03 bits per heavy atom. The monoisotopic (exact) mass is 440 g/mol. The smallest absolute Gasteiger partial charge is 0.243 e. The minimum Gasteiger partial charge on any atom is -0.349 e. The largest absolute Gasteiger partial charge is 0.349 e. The maximum Gasteiger partial charge on any atom is 0.243 e. The lowest BCUT2D eigenvalue weighted by Gasteiger charge is -2.25. The molecule has 2 aromatic carbocycles. The van der Waals surface area contributed by atoms with Gasteiger partial charge in [-0.1, -0.05) is 30.7 Å². The van der Waals surface area contributed by atoms with E-state index in [1.165, 1.54) is 0 Å². The number of aromatic nitrogens is 2. The highest BCUT2D eigenvalue weighted by Crippen LogP contribution is 2.21. The Morgan fingerprint density at radius 3 is 2.45 bits per heavy atom. The number of hydrogen-bond acceptors (Lipinski definition) is 4. The van der Waals surface area contributed by atoms with Crippen LogP contribution in [0.1, 0.15) is 37.1 Å². The van der Waals surface area contributed by atoms with Gasteiger partial charge in [-0.3, -0.25) is 4.79 Å². The topological polar surface area (TPSA) is 84.3 Å². The van der Waals surface area contributed by atoms with Gasteiger partial charge in [0, 0.05) is 26.6 Å². The molecular formula is C23H28N4O3S. The highest BCUT2D eigenvalue weighted by molar-refractivity contribution is 7.89. The fraction of sp³-hybridized carbons (Fsp3) is 0.391. The average molecular weight is 441 g/mol. The Bertz CT molecular complexity index is 1160. The molecule has 164 valence electrons. The minimum absolute atomic E-state index is 0.0583. The van der Waals surface area contributed by atoms with Gasteiger partial charge in [-0.15, -0.1) is 0 Å². The van der Waals surface area contributed by atoms with Crippen molar-refractivity contribution in [3.05, 3.63) is 59.9 Å². The summed E-state index contributed by atoms with van der Waals surface area (Å²) in [5, 5.41) is 2.92. The van der Waals surface area contributed by atoms with Crippen molar-refractivity contribution >= 4 is 27.0 Å². The molecule has 1 N–H and O–H groups in total. The summed E-state index contributed by atoms with van der Waals surface area (Å²) in [6, 6.07) is 14.8. The van der Waals surface area contributed by atoms with E-state index < -0.39 is 10.0 Å². The quantitative estimate of drug-likeness (QED) is 0.612. The molecule has 0 bridgehead atoms. The van der Waals surface area contributed by atoms with Gasteiger partial charge in [0.2, 0.25) is 15.9 Å². The Balaban J connectivity index is 1.30.